The number of hydrogen-bond donors (Lipinski definition) is 0. The predicted octanol–water partition coefficient (Wildman–Crippen LogP) is 4.60. The summed E-state index contributed by atoms with van der Waals surface area (Å²) in [6, 6.07) is 16.4. The molecular weight excluding hydrogens is 324 g/mol. The Balaban J connectivity index is 1.96. The van der Waals surface area contributed by atoms with Crippen molar-refractivity contribution in [3.8, 4) is 5.75 Å². The Morgan fingerprint density at radius 3 is 1.62 bits per heavy atom. The van der Waals surface area contributed by atoms with E-state index in [0.717, 1.165) is 24.2 Å². The number of rotatable bonds is 10. The van der Waals surface area contributed by atoms with Crippen molar-refractivity contribution in [1.82, 2.24) is 0 Å². The fraction of sp³-hybridized carbons (Fsp3) is 0.391. The van der Waals surface area contributed by atoms with Gasteiger partial charge in [-0.2, -0.15) is 0 Å². The molecule has 0 aliphatic carbocycles. The first-order chi connectivity index (χ1) is 12.6. The van der Waals surface area contributed by atoms with Gasteiger partial charge in [0.2, 0.25) is 0 Å². The SMILES string of the molecule is CCC(=O)C(Cc1ccc(CCc2ccc(OC)cc2)cc1)C(=O)CC. The molecule has 0 saturated carbocycles. The molecule has 0 aromatic heterocycles. The third-order valence-electron chi connectivity index (χ3n) is 4.80. The van der Waals surface area contributed by atoms with Crippen molar-refractivity contribution in [2.75, 3.05) is 7.11 Å². The molecule has 0 atom stereocenters. The number of methoxy groups -OCH3 is 1. The first-order valence-electron chi connectivity index (χ1n) is 9.33. The van der Waals surface area contributed by atoms with Crippen LogP contribution in [0.25, 0.3) is 0 Å². The van der Waals surface area contributed by atoms with Crippen molar-refractivity contribution >= 4 is 11.6 Å². The highest BCUT2D eigenvalue weighted by Crippen LogP contribution is 2.17. The molecule has 2 aromatic rings. The third kappa shape index (κ3) is 5.55. The van der Waals surface area contributed by atoms with Crippen LogP contribution in [-0.2, 0) is 28.9 Å². The molecule has 0 aliphatic heterocycles. The molecule has 0 radical (unpaired) electrons. The molecule has 0 spiro atoms. The Labute approximate surface area is 156 Å². The van der Waals surface area contributed by atoms with Gasteiger partial charge in [0.05, 0.1) is 13.0 Å². The van der Waals surface area contributed by atoms with E-state index in [1.54, 1.807) is 7.11 Å². The summed E-state index contributed by atoms with van der Waals surface area (Å²) in [5.74, 6) is 0.465. The second-order valence-corrected chi connectivity index (χ2v) is 6.56. The zero-order valence-corrected chi connectivity index (χ0v) is 16.0. The Hall–Kier alpha value is -2.42. The highest BCUT2D eigenvalue weighted by Gasteiger charge is 2.23. The topological polar surface area (TPSA) is 43.4 Å². The van der Waals surface area contributed by atoms with Gasteiger partial charge in [-0.3, -0.25) is 9.59 Å². The van der Waals surface area contributed by atoms with Crippen LogP contribution < -0.4 is 4.74 Å². The van der Waals surface area contributed by atoms with Gasteiger partial charge in [0.25, 0.3) is 0 Å². The minimum absolute atomic E-state index is 0.0421. The van der Waals surface area contributed by atoms with Crippen molar-refractivity contribution in [2.45, 2.75) is 46.0 Å². The smallest absolute Gasteiger partial charge is 0.143 e. The van der Waals surface area contributed by atoms with Gasteiger partial charge >= 0.3 is 0 Å². The van der Waals surface area contributed by atoms with Crippen molar-refractivity contribution in [3.05, 3.63) is 65.2 Å². The van der Waals surface area contributed by atoms with E-state index in [9.17, 15) is 9.59 Å². The minimum atomic E-state index is -0.491. The lowest BCUT2D eigenvalue weighted by molar-refractivity contribution is -0.132. The molecule has 0 N–H and O–H groups in total. The van der Waals surface area contributed by atoms with Crippen LogP contribution >= 0.6 is 0 Å². The molecule has 0 aliphatic rings. The van der Waals surface area contributed by atoms with E-state index in [1.807, 2.05) is 38.1 Å². The third-order valence-corrected chi connectivity index (χ3v) is 4.80. The molecule has 3 heteroatoms. The molecule has 0 fully saturated rings. The monoisotopic (exact) mass is 352 g/mol. The first kappa shape index (κ1) is 19.9. The lowest BCUT2D eigenvalue weighted by Crippen LogP contribution is -2.25. The van der Waals surface area contributed by atoms with Gasteiger partial charge < -0.3 is 4.74 Å². The van der Waals surface area contributed by atoms with Crippen LogP contribution in [-0.4, -0.2) is 18.7 Å². The minimum Gasteiger partial charge on any atom is -0.497 e. The molecular formula is C23H28O3. The summed E-state index contributed by atoms with van der Waals surface area (Å²) < 4.78 is 5.18. The summed E-state index contributed by atoms with van der Waals surface area (Å²) in [6.07, 6.45) is 3.26. The van der Waals surface area contributed by atoms with Crippen LogP contribution in [0.3, 0.4) is 0 Å². The summed E-state index contributed by atoms with van der Waals surface area (Å²) in [5, 5.41) is 0. The lowest BCUT2D eigenvalue weighted by Gasteiger charge is -2.13. The number of Topliss-reactive ketones (excluding diaryl/α,β-unsaturated/α-hetero) is 2. The standard InChI is InChI=1S/C23H28O3/c1-4-22(24)21(23(25)5-2)16-19-10-8-17(9-11-19)6-7-18-12-14-20(26-3)15-13-18/h8-15,21H,4-7,16H2,1-3H3. The Morgan fingerprint density at radius 2 is 1.19 bits per heavy atom. The molecule has 0 saturated heterocycles. The van der Waals surface area contributed by atoms with Crippen LogP contribution in [0, 0.1) is 5.92 Å². The van der Waals surface area contributed by atoms with Gasteiger partial charge in [-0.25, -0.2) is 0 Å². The van der Waals surface area contributed by atoms with Crippen LogP contribution in [0.5, 0.6) is 5.75 Å². The van der Waals surface area contributed by atoms with E-state index < -0.39 is 5.92 Å². The van der Waals surface area contributed by atoms with E-state index in [0.29, 0.717) is 19.3 Å². The second kappa shape index (κ2) is 9.91. The highest BCUT2D eigenvalue weighted by atomic mass is 16.5. The van der Waals surface area contributed by atoms with Crippen molar-refractivity contribution in [3.63, 3.8) is 0 Å². The summed E-state index contributed by atoms with van der Waals surface area (Å²) in [7, 11) is 1.67. The number of ether oxygens (including phenoxy) is 1. The van der Waals surface area contributed by atoms with Crippen LogP contribution in [0.2, 0.25) is 0 Å². The zero-order chi connectivity index (χ0) is 18.9. The largest absolute Gasteiger partial charge is 0.497 e. The summed E-state index contributed by atoms with van der Waals surface area (Å²) in [6.45, 7) is 3.64. The number of benzene rings is 2. The number of carbonyl (C=O) groups excluding carboxylic acids is 2. The number of ketones is 2. The molecule has 26 heavy (non-hydrogen) atoms. The average molecular weight is 352 g/mol. The van der Waals surface area contributed by atoms with Gasteiger partial charge in [-0.15, -0.1) is 0 Å². The maximum absolute atomic E-state index is 12.1. The van der Waals surface area contributed by atoms with Gasteiger partial charge in [-0.1, -0.05) is 50.2 Å². The fourth-order valence-electron chi connectivity index (χ4n) is 3.06. The van der Waals surface area contributed by atoms with Crippen LogP contribution in [0.15, 0.2) is 48.5 Å². The van der Waals surface area contributed by atoms with Gasteiger partial charge in [0.15, 0.2) is 0 Å². The molecule has 2 rings (SSSR count). The van der Waals surface area contributed by atoms with Gasteiger partial charge in [-0.05, 0) is 48.1 Å². The predicted molar refractivity (Wildman–Crippen MR) is 105 cm³/mol. The Bertz CT molecular complexity index is 698. The quantitative estimate of drug-likeness (QED) is 0.587. The van der Waals surface area contributed by atoms with E-state index in [-0.39, 0.29) is 11.6 Å². The zero-order valence-electron chi connectivity index (χ0n) is 16.0. The highest BCUT2D eigenvalue weighted by molar-refractivity contribution is 6.02. The first-order valence-corrected chi connectivity index (χ1v) is 9.33. The number of aryl methyl sites for hydroxylation is 2. The fourth-order valence-corrected chi connectivity index (χ4v) is 3.06. The molecule has 0 bridgehead atoms. The molecule has 0 amide bonds. The molecule has 0 unspecified atom stereocenters. The van der Waals surface area contributed by atoms with Crippen molar-refractivity contribution < 1.29 is 14.3 Å². The maximum atomic E-state index is 12.1. The van der Waals surface area contributed by atoms with E-state index in [4.69, 9.17) is 4.74 Å². The Morgan fingerprint density at radius 1 is 0.769 bits per heavy atom. The number of carbonyl (C=O) groups is 2. The van der Waals surface area contributed by atoms with Crippen LogP contribution in [0.4, 0.5) is 0 Å². The molecule has 0 heterocycles. The second-order valence-electron chi connectivity index (χ2n) is 6.56. The van der Waals surface area contributed by atoms with Gasteiger partial charge in [0.1, 0.15) is 17.3 Å². The van der Waals surface area contributed by atoms with E-state index in [1.165, 1.54) is 11.1 Å². The summed E-state index contributed by atoms with van der Waals surface area (Å²) in [4.78, 5) is 24.1. The number of hydrogen-bond acceptors (Lipinski definition) is 3. The van der Waals surface area contributed by atoms with Crippen LogP contribution in [0.1, 0.15) is 43.4 Å². The lowest BCUT2D eigenvalue weighted by atomic mass is 9.88. The summed E-state index contributed by atoms with van der Waals surface area (Å²) >= 11 is 0. The molecule has 138 valence electrons. The molecule has 2 aromatic carbocycles. The van der Waals surface area contributed by atoms with Gasteiger partial charge in [0, 0.05) is 12.8 Å². The maximum Gasteiger partial charge on any atom is 0.143 e. The van der Waals surface area contributed by atoms with Crippen molar-refractivity contribution in [2.24, 2.45) is 5.92 Å². The molecule has 3 nitrogen and oxygen atoms in total. The Kier molecular flexibility index (Phi) is 7.58. The average Bonchev–Trinajstić information content (AvgIpc) is 2.70. The van der Waals surface area contributed by atoms with E-state index in [2.05, 4.69) is 24.3 Å². The normalized spacial score (nSPS) is 10.8. The van der Waals surface area contributed by atoms with Crippen molar-refractivity contribution in [1.29, 1.82) is 0 Å². The van der Waals surface area contributed by atoms with E-state index >= 15 is 0 Å². The summed E-state index contributed by atoms with van der Waals surface area (Å²) in [5.41, 5.74) is 3.58.